The Morgan fingerprint density at radius 2 is 2.22 bits per heavy atom. The van der Waals surface area contributed by atoms with Crippen molar-refractivity contribution in [2.24, 2.45) is 5.92 Å². The largest absolute Gasteiger partial charge is 0.0861 e. The fourth-order valence-corrected chi connectivity index (χ4v) is 1.19. The average molecular weight is 239 g/mol. The van der Waals surface area contributed by atoms with Gasteiger partial charge in [0.25, 0.3) is 0 Å². The summed E-state index contributed by atoms with van der Waals surface area (Å²) in [7, 11) is 0. The van der Waals surface area contributed by atoms with Gasteiger partial charge in [0.1, 0.15) is 0 Å². The Hall–Kier alpha value is 0.730. The third-order valence-corrected chi connectivity index (χ3v) is 2.96. The molecule has 0 aliphatic rings. The van der Waals surface area contributed by atoms with E-state index in [2.05, 4.69) is 42.9 Å². The normalized spacial score (nSPS) is 13.7. The van der Waals surface area contributed by atoms with Crippen molar-refractivity contribution in [2.75, 3.05) is 4.43 Å². The summed E-state index contributed by atoms with van der Waals surface area (Å²) in [4.78, 5) is 0. The summed E-state index contributed by atoms with van der Waals surface area (Å²) in [5.74, 6) is 0.922. The van der Waals surface area contributed by atoms with Crippen LogP contribution in [0.15, 0.2) is 0 Å². The van der Waals surface area contributed by atoms with Crippen molar-refractivity contribution in [2.45, 2.75) is 33.1 Å². The molecule has 0 saturated carbocycles. The minimum Gasteiger partial charge on any atom is -0.0861 e. The van der Waals surface area contributed by atoms with Gasteiger partial charge >= 0.3 is 0 Å². The molecular weight excluding hydrogens is 223 g/mol. The highest BCUT2D eigenvalue weighted by atomic mass is 127. The zero-order valence-electron chi connectivity index (χ0n) is 6.36. The Balaban J connectivity index is 2.88. The molecule has 0 amide bonds. The first-order valence-electron chi connectivity index (χ1n) is 3.65. The predicted octanol–water partition coefficient (Wildman–Crippen LogP) is 3.45. The molecule has 0 aliphatic heterocycles. The molecule has 0 nitrogen and oxygen atoms in total. The molecule has 0 fully saturated rings. The van der Waals surface area contributed by atoms with Crippen LogP contribution in [0.25, 0.3) is 0 Å². The molecule has 0 aromatic heterocycles. The lowest BCUT2D eigenvalue weighted by Crippen LogP contribution is -1.94. The topological polar surface area (TPSA) is 0 Å². The van der Waals surface area contributed by atoms with Gasteiger partial charge in [-0.2, -0.15) is 0 Å². The fraction of sp³-hybridized carbons (Fsp3) is 0.875. The van der Waals surface area contributed by atoms with E-state index in [0.29, 0.717) is 0 Å². The maximum atomic E-state index is 2.46. The summed E-state index contributed by atoms with van der Waals surface area (Å²) in [5.41, 5.74) is 0. The van der Waals surface area contributed by atoms with Gasteiger partial charge in [0, 0.05) is 4.43 Å². The van der Waals surface area contributed by atoms with Gasteiger partial charge in [0.05, 0.1) is 0 Å². The Morgan fingerprint density at radius 3 is 2.67 bits per heavy atom. The van der Waals surface area contributed by atoms with Crippen molar-refractivity contribution in [3.8, 4) is 0 Å². The second-order valence-electron chi connectivity index (χ2n) is 2.60. The van der Waals surface area contributed by atoms with Gasteiger partial charge in [-0.05, 0) is 18.8 Å². The lowest BCUT2D eigenvalue weighted by molar-refractivity contribution is 0.568. The van der Waals surface area contributed by atoms with Gasteiger partial charge in [0.2, 0.25) is 0 Å². The molecule has 1 radical (unpaired) electrons. The molecule has 0 heterocycles. The third-order valence-electron chi connectivity index (χ3n) is 1.45. The molecular formula is C8H16I. The van der Waals surface area contributed by atoms with E-state index in [1.807, 2.05) is 0 Å². The van der Waals surface area contributed by atoms with E-state index in [0.717, 1.165) is 5.92 Å². The van der Waals surface area contributed by atoms with Crippen LogP contribution >= 0.6 is 22.6 Å². The number of hydrogen-bond acceptors (Lipinski definition) is 0. The summed E-state index contributed by atoms with van der Waals surface area (Å²) in [6.07, 6.45) is 6.31. The van der Waals surface area contributed by atoms with Gasteiger partial charge in [-0.15, -0.1) is 0 Å². The number of rotatable bonds is 5. The molecule has 0 N–H and O–H groups in total. The first-order valence-corrected chi connectivity index (χ1v) is 5.17. The molecule has 1 unspecified atom stereocenters. The molecule has 0 aromatic rings. The zero-order chi connectivity index (χ0) is 7.11. The highest BCUT2D eigenvalue weighted by Gasteiger charge is 1.96. The van der Waals surface area contributed by atoms with Crippen molar-refractivity contribution in [1.82, 2.24) is 0 Å². The van der Waals surface area contributed by atoms with Crippen molar-refractivity contribution in [3.63, 3.8) is 0 Å². The monoisotopic (exact) mass is 239 g/mol. The lowest BCUT2D eigenvalue weighted by Gasteiger charge is -2.04. The molecule has 1 atom stereocenters. The first-order chi connectivity index (χ1) is 4.31. The third kappa shape index (κ3) is 6.62. The van der Waals surface area contributed by atoms with Gasteiger partial charge in [-0.3, -0.25) is 0 Å². The summed E-state index contributed by atoms with van der Waals surface area (Å²) < 4.78 is 1.31. The van der Waals surface area contributed by atoms with Crippen LogP contribution in [0, 0.1) is 12.3 Å². The molecule has 0 bridgehead atoms. The Kier molecular flexibility index (Phi) is 7.40. The van der Waals surface area contributed by atoms with E-state index in [1.54, 1.807) is 0 Å². The second kappa shape index (κ2) is 6.84. The van der Waals surface area contributed by atoms with Crippen LogP contribution in [0.5, 0.6) is 0 Å². The minimum atomic E-state index is 0.922. The highest BCUT2D eigenvalue weighted by molar-refractivity contribution is 14.1. The van der Waals surface area contributed by atoms with Crippen LogP contribution in [0.3, 0.4) is 0 Å². The molecule has 1 heteroatoms. The van der Waals surface area contributed by atoms with Crippen LogP contribution in [0.1, 0.15) is 33.1 Å². The Bertz CT molecular complexity index is 52.5. The van der Waals surface area contributed by atoms with Crippen molar-refractivity contribution >= 4 is 22.6 Å². The Morgan fingerprint density at radius 1 is 1.56 bits per heavy atom. The maximum Gasteiger partial charge on any atom is 0.00210 e. The molecule has 0 spiro atoms. The predicted molar refractivity (Wildman–Crippen MR) is 51.9 cm³/mol. The SMILES string of the molecule is C[CH]CCCC(C)CI. The smallest absolute Gasteiger partial charge is 0.00210 e. The van der Waals surface area contributed by atoms with Crippen LogP contribution in [-0.2, 0) is 0 Å². The molecule has 0 aliphatic carbocycles. The van der Waals surface area contributed by atoms with E-state index in [9.17, 15) is 0 Å². The van der Waals surface area contributed by atoms with Crippen LogP contribution in [0.2, 0.25) is 0 Å². The van der Waals surface area contributed by atoms with E-state index < -0.39 is 0 Å². The minimum absolute atomic E-state index is 0.922. The molecule has 55 valence electrons. The van der Waals surface area contributed by atoms with Gasteiger partial charge in [-0.25, -0.2) is 0 Å². The number of alkyl halides is 1. The fourth-order valence-electron chi connectivity index (χ4n) is 0.748. The second-order valence-corrected chi connectivity index (χ2v) is 3.48. The number of unbranched alkanes of at least 4 members (excludes halogenated alkanes) is 2. The first kappa shape index (κ1) is 9.73. The lowest BCUT2D eigenvalue weighted by atomic mass is 10.1. The number of halogens is 1. The molecule has 0 rings (SSSR count). The Labute approximate surface area is 72.6 Å². The van der Waals surface area contributed by atoms with Crippen LogP contribution < -0.4 is 0 Å². The quantitative estimate of drug-likeness (QED) is 0.391. The van der Waals surface area contributed by atoms with E-state index >= 15 is 0 Å². The molecule has 0 saturated heterocycles. The van der Waals surface area contributed by atoms with Gasteiger partial charge < -0.3 is 0 Å². The van der Waals surface area contributed by atoms with Crippen molar-refractivity contribution in [3.05, 3.63) is 6.42 Å². The zero-order valence-corrected chi connectivity index (χ0v) is 8.52. The van der Waals surface area contributed by atoms with E-state index in [1.165, 1.54) is 23.7 Å². The highest BCUT2D eigenvalue weighted by Crippen LogP contribution is 2.10. The summed E-state index contributed by atoms with van der Waals surface area (Å²) in [5, 5.41) is 0. The van der Waals surface area contributed by atoms with E-state index in [4.69, 9.17) is 0 Å². The van der Waals surface area contributed by atoms with Gasteiger partial charge in [0.15, 0.2) is 0 Å². The van der Waals surface area contributed by atoms with Crippen LogP contribution in [-0.4, -0.2) is 4.43 Å². The number of hydrogen-bond donors (Lipinski definition) is 0. The summed E-state index contributed by atoms with van der Waals surface area (Å²) in [6.45, 7) is 4.46. The van der Waals surface area contributed by atoms with E-state index in [-0.39, 0.29) is 0 Å². The van der Waals surface area contributed by atoms with Gasteiger partial charge in [-0.1, -0.05) is 49.3 Å². The maximum absolute atomic E-state index is 2.46. The summed E-state index contributed by atoms with van der Waals surface area (Å²) >= 11 is 2.46. The molecule has 0 aromatic carbocycles. The average Bonchev–Trinajstić information content (AvgIpc) is 1.89. The summed E-state index contributed by atoms with van der Waals surface area (Å²) in [6, 6.07) is 0. The molecule has 9 heavy (non-hydrogen) atoms. The van der Waals surface area contributed by atoms with Crippen LogP contribution in [0.4, 0.5) is 0 Å². The van der Waals surface area contributed by atoms with Crippen molar-refractivity contribution < 1.29 is 0 Å². The standard InChI is InChI=1S/C8H16I/c1-3-4-5-6-8(2)7-9/h3,8H,4-7H2,1-2H3. The van der Waals surface area contributed by atoms with Crippen molar-refractivity contribution in [1.29, 1.82) is 0 Å².